The fraction of sp³-hybridized carbons (Fsp3) is 0.526. The number of likely N-dealkylation sites (tertiary alicyclic amines) is 1. The third kappa shape index (κ3) is 3.10. The van der Waals surface area contributed by atoms with Gasteiger partial charge in [-0.2, -0.15) is 0 Å². The van der Waals surface area contributed by atoms with Crippen LogP contribution in [0.25, 0.3) is 0 Å². The number of hydrogen-bond donors (Lipinski definition) is 0. The lowest BCUT2D eigenvalue weighted by Gasteiger charge is -2.36. The number of piperazine rings is 1. The van der Waals surface area contributed by atoms with E-state index in [-0.39, 0.29) is 29.6 Å². The van der Waals surface area contributed by atoms with Gasteiger partial charge in [0.2, 0.25) is 11.8 Å². The summed E-state index contributed by atoms with van der Waals surface area (Å²) in [5.74, 6) is -0.322. The maximum atomic E-state index is 12.6. The smallest absolute Gasteiger partial charge is 0.264 e. The van der Waals surface area contributed by atoms with Gasteiger partial charge in [-0.1, -0.05) is 12.2 Å². The maximum absolute atomic E-state index is 12.6. The Morgan fingerprint density at radius 3 is 2.19 bits per heavy atom. The first-order chi connectivity index (χ1) is 12.5. The maximum Gasteiger partial charge on any atom is 0.264 e. The van der Waals surface area contributed by atoms with Crippen LogP contribution in [0.1, 0.15) is 27.4 Å². The summed E-state index contributed by atoms with van der Waals surface area (Å²) in [6, 6.07) is 3.85. The molecule has 0 bridgehead atoms. The molecule has 0 spiro atoms. The van der Waals surface area contributed by atoms with Gasteiger partial charge in [-0.25, -0.2) is 0 Å². The van der Waals surface area contributed by atoms with Crippen LogP contribution in [0, 0.1) is 18.8 Å². The van der Waals surface area contributed by atoms with Gasteiger partial charge in [0.15, 0.2) is 0 Å². The Bertz CT molecular complexity index is 738. The van der Waals surface area contributed by atoms with Crippen molar-refractivity contribution in [2.75, 3.05) is 32.8 Å². The lowest BCUT2D eigenvalue weighted by Crippen LogP contribution is -2.52. The largest absolute Gasteiger partial charge is 0.335 e. The number of thiophene rings is 1. The van der Waals surface area contributed by atoms with Crippen LogP contribution in [0.3, 0.4) is 0 Å². The highest BCUT2D eigenvalue weighted by Crippen LogP contribution is 2.35. The molecular formula is C19H23N3O3S. The van der Waals surface area contributed by atoms with E-state index in [1.54, 1.807) is 0 Å². The molecule has 2 saturated heterocycles. The van der Waals surface area contributed by atoms with E-state index in [4.69, 9.17) is 0 Å². The number of aryl methyl sites for hydroxylation is 1. The fourth-order valence-electron chi connectivity index (χ4n) is 4.01. The molecule has 1 aromatic rings. The lowest BCUT2D eigenvalue weighted by atomic mass is 9.85. The fourth-order valence-corrected chi connectivity index (χ4v) is 4.84. The van der Waals surface area contributed by atoms with Crippen LogP contribution in [-0.2, 0) is 9.59 Å². The average Bonchev–Trinajstić information content (AvgIpc) is 3.20. The van der Waals surface area contributed by atoms with Crippen molar-refractivity contribution in [2.45, 2.75) is 19.8 Å². The Hall–Kier alpha value is -1.99. The second-order valence-corrected chi connectivity index (χ2v) is 8.51. The van der Waals surface area contributed by atoms with Gasteiger partial charge in [0, 0.05) is 31.1 Å². The van der Waals surface area contributed by atoms with E-state index >= 15 is 0 Å². The third-order valence-corrected chi connectivity index (χ3v) is 6.54. The van der Waals surface area contributed by atoms with Crippen molar-refractivity contribution < 1.29 is 14.4 Å². The van der Waals surface area contributed by atoms with Crippen LogP contribution in [0.4, 0.5) is 0 Å². The summed E-state index contributed by atoms with van der Waals surface area (Å²) in [7, 11) is 0. The van der Waals surface area contributed by atoms with Crippen molar-refractivity contribution in [3.8, 4) is 0 Å². The van der Waals surface area contributed by atoms with E-state index in [0.717, 1.165) is 9.75 Å². The summed E-state index contributed by atoms with van der Waals surface area (Å²) >= 11 is 1.52. The number of allylic oxidation sites excluding steroid dienone is 2. The van der Waals surface area contributed by atoms with Crippen molar-refractivity contribution in [1.82, 2.24) is 14.7 Å². The van der Waals surface area contributed by atoms with Gasteiger partial charge in [0.05, 0.1) is 23.4 Å². The van der Waals surface area contributed by atoms with Crippen LogP contribution < -0.4 is 0 Å². The molecule has 26 heavy (non-hydrogen) atoms. The van der Waals surface area contributed by atoms with E-state index in [0.29, 0.717) is 45.7 Å². The van der Waals surface area contributed by atoms with Gasteiger partial charge >= 0.3 is 0 Å². The summed E-state index contributed by atoms with van der Waals surface area (Å²) in [6.07, 6.45) is 5.36. The van der Waals surface area contributed by atoms with Gasteiger partial charge in [0.25, 0.3) is 5.91 Å². The molecule has 3 heterocycles. The third-order valence-electron chi connectivity index (χ3n) is 5.55. The molecule has 1 aliphatic carbocycles. The molecule has 0 radical (unpaired) electrons. The lowest BCUT2D eigenvalue weighted by molar-refractivity contribution is -0.142. The Balaban J connectivity index is 1.33. The molecule has 2 atom stereocenters. The molecule has 138 valence electrons. The minimum atomic E-state index is -0.169. The molecule has 2 fully saturated rings. The number of fused-ring (bicyclic) bond motifs is 1. The van der Waals surface area contributed by atoms with Gasteiger partial charge < -0.3 is 4.90 Å². The van der Waals surface area contributed by atoms with Crippen molar-refractivity contribution >= 4 is 29.1 Å². The number of carbonyl (C=O) groups is 3. The first-order valence-electron chi connectivity index (χ1n) is 9.13. The van der Waals surface area contributed by atoms with Crippen molar-refractivity contribution in [3.63, 3.8) is 0 Å². The average molecular weight is 373 g/mol. The molecular weight excluding hydrogens is 350 g/mol. The Morgan fingerprint density at radius 2 is 1.65 bits per heavy atom. The molecule has 6 nitrogen and oxygen atoms in total. The number of imide groups is 1. The van der Waals surface area contributed by atoms with E-state index in [9.17, 15) is 14.4 Å². The van der Waals surface area contributed by atoms with Gasteiger partial charge in [-0.15, -0.1) is 11.3 Å². The van der Waals surface area contributed by atoms with Crippen LogP contribution >= 0.6 is 11.3 Å². The topological polar surface area (TPSA) is 60.9 Å². The van der Waals surface area contributed by atoms with E-state index in [1.165, 1.54) is 16.2 Å². The summed E-state index contributed by atoms with van der Waals surface area (Å²) < 4.78 is 0. The first kappa shape index (κ1) is 17.4. The molecule has 0 aromatic carbocycles. The Labute approximate surface area is 157 Å². The molecule has 1 aromatic heterocycles. The van der Waals surface area contributed by atoms with E-state index in [1.807, 2.05) is 36.1 Å². The number of nitrogens with zero attached hydrogens (tertiary/aromatic N) is 3. The van der Waals surface area contributed by atoms with Crippen molar-refractivity contribution in [1.29, 1.82) is 0 Å². The summed E-state index contributed by atoms with van der Waals surface area (Å²) in [5, 5.41) is 0. The summed E-state index contributed by atoms with van der Waals surface area (Å²) in [5.41, 5.74) is 0. The Kier molecular flexibility index (Phi) is 4.67. The molecule has 0 N–H and O–H groups in total. The summed E-state index contributed by atoms with van der Waals surface area (Å²) in [4.78, 5) is 45.0. The van der Waals surface area contributed by atoms with Crippen LogP contribution in [-0.4, -0.2) is 65.3 Å². The molecule has 2 aliphatic heterocycles. The number of rotatable bonds is 3. The second-order valence-electron chi connectivity index (χ2n) is 7.22. The van der Waals surface area contributed by atoms with Crippen molar-refractivity contribution in [3.05, 3.63) is 34.0 Å². The van der Waals surface area contributed by atoms with Crippen LogP contribution in [0.2, 0.25) is 0 Å². The normalized spacial score (nSPS) is 26.5. The molecule has 3 aliphatic rings. The molecule has 4 rings (SSSR count). The SMILES string of the molecule is Cc1ccc(C(=O)N2CCN(CN3C(=O)C4CC=CCC4C3=O)CC2)s1. The predicted octanol–water partition coefficient (Wildman–Crippen LogP) is 1.72. The zero-order valence-electron chi connectivity index (χ0n) is 14.9. The molecule has 2 unspecified atom stereocenters. The van der Waals surface area contributed by atoms with Gasteiger partial charge in [-0.3, -0.25) is 24.2 Å². The highest BCUT2D eigenvalue weighted by atomic mass is 32.1. The van der Waals surface area contributed by atoms with Crippen LogP contribution in [0.15, 0.2) is 24.3 Å². The van der Waals surface area contributed by atoms with Crippen molar-refractivity contribution in [2.24, 2.45) is 11.8 Å². The monoisotopic (exact) mass is 373 g/mol. The standard InChI is InChI=1S/C19H23N3O3S/c1-13-6-7-16(26-13)19(25)21-10-8-20(9-11-21)12-22-17(23)14-4-2-3-5-15(14)18(22)24/h2-3,6-7,14-15H,4-5,8-12H2,1H3. The molecule has 3 amide bonds. The minimum Gasteiger partial charge on any atom is -0.335 e. The second kappa shape index (κ2) is 6.96. The number of hydrogen-bond acceptors (Lipinski definition) is 5. The zero-order valence-corrected chi connectivity index (χ0v) is 15.7. The van der Waals surface area contributed by atoms with Gasteiger partial charge in [0.1, 0.15) is 0 Å². The Morgan fingerprint density at radius 1 is 1.04 bits per heavy atom. The molecule has 0 saturated carbocycles. The number of carbonyl (C=O) groups excluding carboxylic acids is 3. The first-order valence-corrected chi connectivity index (χ1v) is 9.94. The number of amides is 3. The minimum absolute atomic E-state index is 0.0306. The molecule has 7 heteroatoms. The van der Waals surface area contributed by atoms with Gasteiger partial charge in [-0.05, 0) is 31.9 Å². The van der Waals surface area contributed by atoms with E-state index < -0.39 is 0 Å². The highest BCUT2D eigenvalue weighted by Gasteiger charge is 2.47. The highest BCUT2D eigenvalue weighted by molar-refractivity contribution is 7.13. The van der Waals surface area contributed by atoms with Crippen LogP contribution in [0.5, 0.6) is 0 Å². The summed E-state index contributed by atoms with van der Waals surface area (Å²) in [6.45, 7) is 4.96. The quantitative estimate of drug-likeness (QED) is 0.598. The predicted molar refractivity (Wildman–Crippen MR) is 98.6 cm³/mol. The van der Waals surface area contributed by atoms with E-state index in [2.05, 4.69) is 4.90 Å². The zero-order chi connectivity index (χ0) is 18.3.